The molecule has 1 heterocycles. The molecule has 2 N–H and O–H groups in total. The maximum atomic E-state index is 10.9. The van der Waals surface area contributed by atoms with E-state index in [1.807, 2.05) is 0 Å². The van der Waals surface area contributed by atoms with Crippen molar-refractivity contribution in [2.45, 2.75) is 6.92 Å². The predicted octanol–water partition coefficient (Wildman–Crippen LogP) is 3.26. The maximum Gasteiger partial charge on any atom is 0.371 e. The van der Waals surface area contributed by atoms with E-state index in [0.29, 0.717) is 22.0 Å². The van der Waals surface area contributed by atoms with Crippen LogP contribution >= 0.6 is 11.6 Å². The van der Waals surface area contributed by atoms with Crippen LogP contribution in [0.5, 0.6) is 0 Å². The van der Waals surface area contributed by atoms with Gasteiger partial charge in [-0.3, -0.25) is 4.79 Å². The second-order valence-corrected chi connectivity index (χ2v) is 4.25. The summed E-state index contributed by atoms with van der Waals surface area (Å²) in [6.07, 6.45) is 0. The standard InChI is InChI=1S/C13H10ClNO4/c1-7(16)15-8-2-3-9(10(14)6-8)11-4-5-12(19-11)13(17)18/h2-6H,1H3,(H,15,16)(H,17,18). The van der Waals surface area contributed by atoms with E-state index in [4.69, 9.17) is 21.1 Å². The zero-order valence-electron chi connectivity index (χ0n) is 9.94. The van der Waals surface area contributed by atoms with E-state index in [9.17, 15) is 9.59 Å². The van der Waals surface area contributed by atoms with Crippen LogP contribution in [0.1, 0.15) is 17.5 Å². The number of carbonyl (C=O) groups excluding carboxylic acids is 1. The lowest BCUT2D eigenvalue weighted by molar-refractivity contribution is -0.114. The minimum absolute atomic E-state index is 0.156. The molecule has 0 saturated heterocycles. The molecule has 19 heavy (non-hydrogen) atoms. The Morgan fingerprint density at radius 1 is 1.26 bits per heavy atom. The molecule has 0 atom stereocenters. The molecule has 0 aliphatic heterocycles. The molecule has 0 spiro atoms. The Hall–Kier alpha value is -2.27. The van der Waals surface area contributed by atoms with Crippen molar-refractivity contribution in [2.75, 3.05) is 5.32 Å². The predicted molar refractivity (Wildman–Crippen MR) is 70.4 cm³/mol. The van der Waals surface area contributed by atoms with Gasteiger partial charge in [-0.15, -0.1) is 0 Å². The molecule has 0 unspecified atom stereocenters. The van der Waals surface area contributed by atoms with E-state index in [1.165, 1.54) is 19.1 Å². The van der Waals surface area contributed by atoms with Gasteiger partial charge in [0.1, 0.15) is 5.76 Å². The summed E-state index contributed by atoms with van der Waals surface area (Å²) in [6.45, 7) is 1.40. The summed E-state index contributed by atoms with van der Waals surface area (Å²) in [7, 11) is 0. The summed E-state index contributed by atoms with van der Waals surface area (Å²) >= 11 is 6.08. The van der Waals surface area contributed by atoms with Gasteiger partial charge in [-0.05, 0) is 30.3 Å². The average molecular weight is 280 g/mol. The van der Waals surface area contributed by atoms with E-state index in [2.05, 4.69) is 5.32 Å². The van der Waals surface area contributed by atoms with Crippen LogP contribution in [0.4, 0.5) is 5.69 Å². The number of nitrogens with one attached hydrogen (secondary N) is 1. The van der Waals surface area contributed by atoms with Gasteiger partial charge in [-0.1, -0.05) is 11.6 Å². The normalized spacial score (nSPS) is 10.2. The molecule has 98 valence electrons. The fourth-order valence-electron chi connectivity index (χ4n) is 1.59. The quantitative estimate of drug-likeness (QED) is 0.904. The molecule has 0 saturated carbocycles. The molecule has 0 bridgehead atoms. The first-order valence-electron chi connectivity index (χ1n) is 5.38. The molecule has 1 amide bonds. The molecular weight excluding hydrogens is 270 g/mol. The van der Waals surface area contributed by atoms with Crippen molar-refractivity contribution in [3.05, 3.63) is 41.1 Å². The van der Waals surface area contributed by atoms with Crippen molar-refractivity contribution >= 4 is 29.2 Å². The van der Waals surface area contributed by atoms with Crippen LogP contribution in [-0.2, 0) is 4.79 Å². The molecule has 2 rings (SSSR count). The number of hydrogen-bond donors (Lipinski definition) is 2. The third-order valence-electron chi connectivity index (χ3n) is 2.37. The number of amides is 1. The lowest BCUT2D eigenvalue weighted by Gasteiger charge is -2.05. The van der Waals surface area contributed by atoms with E-state index in [1.54, 1.807) is 18.2 Å². The molecular formula is C13H10ClNO4. The molecule has 0 aliphatic rings. The molecule has 1 aromatic heterocycles. The van der Waals surface area contributed by atoms with Crippen LogP contribution in [0, 0.1) is 0 Å². The summed E-state index contributed by atoms with van der Waals surface area (Å²) < 4.78 is 5.16. The second-order valence-electron chi connectivity index (χ2n) is 3.84. The number of halogens is 1. The molecule has 5 nitrogen and oxygen atoms in total. The second kappa shape index (κ2) is 5.16. The van der Waals surface area contributed by atoms with Gasteiger partial charge < -0.3 is 14.8 Å². The highest BCUT2D eigenvalue weighted by atomic mass is 35.5. The Morgan fingerprint density at radius 3 is 2.53 bits per heavy atom. The van der Waals surface area contributed by atoms with E-state index >= 15 is 0 Å². The summed E-state index contributed by atoms with van der Waals surface area (Å²) in [5, 5.41) is 11.7. The van der Waals surface area contributed by atoms with E-state index in [0.717, 1.165) is 0 Å². The third-order valence-corrected chi connectivity index (χ3v) is 2.68. The van der Waals surface area contributed by atoms with Crippen molar-refractivity contribution in [1.82, 2.24) is 0 Å². The Bertz CT molecular complexity index is 648. The number of anilines is 1. The molecule has 0 radical (unpaired) electrons. The zero-order valence-corrected chi connectivity index (χ0v) is 10.7. The first-order chi connectivity index (χ1) is 8.97. The van der Waals surface area contributed by atoms with Crippen LogP contribution in [0.3, 0.4) is 0 Å². The van der Waals surface area contributed by atoms with Gasteiger partial charge in [0.25, 0.3) is 0 Å². The van der Waals surface area contributed by atoms with Crippen molar-refractivity contribution in [3.8, 4) is 11.3 Å². The zero-order chi connectivity index (χ0) is 14.0. The number of hydrogen-bond acceptors (Lipinski definition) is 3. The Balaban J connectivity index is 2.34. The minimum atomic E-state index is -1.14. The number of carboxylic acid groups (broad SMARTS) is 1. The van der Waals surface area contributed by atoms with Crippen molar-refractivity contribution in [3.63, 3.8) is 0 Å². The largest absolute Gasteiger partial charge is 0.475 e. The fraction of sp³-hybridized carbons (Fsp3) is 0.0769. The average Bonchev–Trinajstić information content (AvgIpc) is 2.77. The maximum absolute atomic E-state index is 10.9. The Morgan fingerprint density at radius 2 is 2.00 bits per heavy atom. The molecule has 6 heteroatoms. The fourth-order valence-corrected chi connectivity index (χ4v) is 1.87. The Labute approximate surface area is 113 Å². The smallest absolute Gasteiger partial charge is 0.371 e. The SMILES string of the molecule is CC(=O)Nc1ccc(-c2ccc(C(=O)O)o2)c(Cl)c1. The lowest BCUT2D eigenvalue weighted by Crippen LogP contribution is -2.05. The van der Waals surface area contributed by atoms with Gasteiger partial charge in [-0.25, -0.2) is 4.79 Å². The molecule has 0 fully saturated rings. The van der Waals surface area contributed by atoms with Crippen molar-refractivity contribution in [1.29, 1.82) is 0 Å². The van der Waals surface area contributed by atoms with Crippen LogP contribution < -0.4 is 5.32 Å². The summed E-state index contributed by atoms with van der Waals surface area (Å²) in [4.78, 5) is 21.7. The monoisotopic (exact) mass is 279 g/mol. The highest BCUT2D eigenvalue weighted by Gasteiger charge is 2.13. The number of rotatable bonds is 3. The number of benzene rings is 1. The van der Waals surface area contributed by atoms with Gasteiger partial charge in [0.15, 0.2) is 0 Å². The molecule has 1 aromatic carbocycles. The van der Waals surface area contributed by atoms with Gasteiger partial charge in [-0.2, -0.15) is 0 Å². The van der Waals surface area contributed by atoms with Crippen molar-refractivity contribution in [2.24, 2.45) is 0 Å². The molecule has 2 aromatic rings. The van der Waals surface area contributed by atoms with Gasteiger partial charge in [0.05, 0.1) is 5.02 Å². The summed E-state index contributed by atoms with van der Waals surface area (Å²) in [6, 6.07) is 7.77. The summed E-state index contributed by atoms with van der Waals surface area (Å²) in [5.41, 5.74) is 1.12. The van der Waals surface area contributed by atoms with Crippen LogP contribution in [0.25, 0.3) is 11.3 Å². The molecule has 0 aliphatic carbocycles. The van der Waals surface area contributed by atoms with Gasteiger partial charge in [0, 0.05) is 18.2 Å². The number of furan rings is 1. The number of carbonyl (C=O) groups is 2. The van der Waals surface area contributed by atoms with E-state index in [-0.39, 0.29) is 11.7 Å². The lowest BCUT2D eigenvalue weighted by atomic mass is 10.1. The van der Waals surface area contributed by atoms with Gasteiger partial charge >= 0.3 is 5.97 Å². The third kappa shape index (κ3) is 2.95. The highest BCUT2D eigenvalue weighted by Crippen LogP contribution is 2.31. The number of aromatic carboxylic acids is 1. The first kappa shape index (κ1) is 13.2. The van der Waals surface area contributed by atoms with Gasteiger partial charge in [0.2, 0.25) is 11.7 Å². The highest BCUT2D eigenvalue weighted by molar-refractivity contribution is 6.33. The number of carboxylic acids is 1. The summed E-state index contributed by atoms with van der Waals surface area (Å²) in [5.74, 6) is -1.14. The van der Waals surface area contributed by atoms with Crippen molar-refractivity contribution < 1.29 is 19.1 Å². The minimum Gasteiger partial charge on any atom is -0.475 e. The van der Waals surface area contributed by atoms with Crippen LogP contribution in [-0.4, -0.2) is 17.0 Å². The van der Waals surface area contributed by atoms with Crippen LogP contribution in [0.15, 0.2) is 34.7 Å². The topological polar surface area (TPSA) is 79.5 Å². The first-order valence-corrected chi connectivity index (χ1v) is 5.76. The van der Waals surface area contributed by atoms with Crippen LogP contribution in [0.2, 0.25) is 5.02 Å². The van der Waals surface area contributed by atoms with E-state index < -0.39 is 5.97 Å². The Kier molecular flexibility index (Phi) is 3.57.